The van der Waals surface area contributed by atoms with E-state index in [1.807, 2.05) is 24.3 Å². The van der Waals surface area contributed by atoms with E-state index in [1.54, 1.807) is 6.92 Å². The van der Waals surface area contributed by atoms with Crippen LogP contribution in [-0.4, -0.2) is 9.97 Å². The lowest BCUT2D eigenvalue weighted by Gasteiger charge is -2.06. The van der Waals surface area contributed by atoms with Gasteiger partial charge in [0.2, 0.25) is 0 Å². The van der Waals surface area contributed by atoms with Crippen LogP contribution in [0.15, 0.2) is 29.1 Å². The third-order valence-corrected chi connectivity index (χ3v) is 3.18. The van der Waals surface area contributed by atoms with E-state index in [4.69, 9.17) is 23.8 Å². The zero-order chi connectivity index (χ0) is 12.4. The zero-order valence-corrected chi connectivity index (χ0v) is 10.8. The maximum atomic E-state index is 11.6. The first kappa shape index (κ1) is 12.1. The number of hydrogen-bond acceptors (Lipinski definition) is 2. The number of rotatable bonds is 2. The highest BCUT2D eigenvalue weighted by atomic mass is 35.5. The Kier molecular flexibility index (Phi) is 3.45. The van der Waals surface area contributed by atoms with Crippen LogP contribution < -0.4 is 5.56 Å². The average molecular weight is 267 g/mol. The second-order valence-corrected chi connectivity index (χ2v) is 4.60. The van der Waals surface area contributed by atoms with Crippen LogP contribution in [0.2, 0.25) is 5.02 Å². The lowest BCUT2D eigenvalue weighted by atomic mass is 10.1. The Morgan fingerprint density at radius 1 is 1.29 bits per heavy atom. The van der Waals surface area contributed by atoms with Crippen molar-refractivity contribution >= 4 is 23.8 Å². The van der Waals surface area contributed by atoms with Crippen molar-refractivity contribution in [3.05, 3.63) is 61.2 Å². The summed E-state index contributed by atoms with van der Waals surface area (Å²) in [7, 11) is 0. The highest BCUT2D eigenvalue weighted by molar-refractivity contribution is 7.71. The monoisotopic (exact) mass is 266 g/mol. The topological polar surface area (TPSA) is 48.6 Å². The number of halogens is 1. The Morgan fingerprint density at radius 3 is 2.71 bits per heavy atom. The van der Waals surface area contributed by atoms with Gasteiger partial charge in [-0.05, 0) is 30.8 Å². The standard InChI is InChI=1S/C12H11ClN2OS/c1-7-10(14-12(17)15-11(7)16)6-8-4-2-3-5-9(8)13/h2-5H,6H2,1H3,(H2,14,15,16,17). The Bertz CT molecular complexity index is 660. The number of benzene rings is 1. The van der Waals surface area contributed by atoms with Crippen molar-refractivity contribution in [3.63, 3.8) is 0 Å². The predicted octanol–water partition coefficient (Wildman–Crippen LogP) is 2.99. The van der Waals surface area contributed by atoms with Crippen molar-refractivity contribution in [2.75, 3.05) is 0 Å². The highest BCUT2D eigenvalue weighted by Gasteiger charge is 2.06. The molecule has 2 N–H and O–H groups in total. The SMILES string of the molecule is Cc1c(Cc2ccccc2Cl)[nH]c(=S)[nH]c1=O. The van der Waals surface area contributed by atoms with E-state index in [0.717, 1.165) is 11.3 Å². The van der Waals surface area contributed by atoms with Gasteiger partial charge in [0.05, 0.1) is 0 Å². The molecule has 2 aromatic rings. The van der Waals surface area contributed by atoms with Crippen LogP contribution in [0.25, 0.3) is 0 Å². The van der Waals surface area contributed by atoms with Crippen molar-refractivity contribution in [1.82, 2.24) is 9.97 Å². The van der Waals surface area contributed by atoms with Gasteiger partial charge in [-0.1, -0.05) is 29.8 Å². The lowest BCUT2D eigenvalue weighted by molar-refractivity contribution is 0.953. The summed E-state index contributed by atoms with van der Waals surface area (Å²) >= 11 is 11.0. The molecular formula is C12H11ClN2OS. The quantitative estimate of drug-likeness (QED) is 0.821. The van der Waals surface area contributed by atoms with E-state index in [0.29, 0.717) is 21.8 Å². The molecule has 0 saturated carbocycles. The van der Waals surface area contributed by atoms with Crippen LogP contribution >= 0.6 is 23.8 Å². The highest BCUT2D eigenvalue weighted by Crippen LogP contribution is 2.18. The van der Waals surface area contributed by atoms with Crippen LogP contribution in [0.4, 0.5) is 0 Å². The van der Waals surface area contributed by atoms with E-state index in [-0.39, 0.29) is 5.56 Å². The fraction of sp³-hybridized carbons (Fsp3) is 0.167. The predicted molar refractivity (Wildman–Crippen MR) is 71.2 cm³/mol. The van der Waals surface area contributed by atoms with E-state index in [9.17, 15) is 4.79 Å². The van der Waals surface area contributed by atoms with Crippen molar-refractivity contribution < 1.29 is 0 Å². The van der Waals surface area contributed by atoms with E-state index >= 15 is 0 Å². The van der Waals surface area contributed by atoms with Crippen molar-refractivity contribution in [3.8, 4) is 0 Å². The van der Waals surface area contributed by atoms with Crippen molar-refractivity contribution in [2.45, 2.75) is 13.3 Å². The van der Waals surface area contributed by atoms with Gasteiger partial charge >= 0.3 is 0 Å². The Hall–Kier alpha value is -1.39. The molecule has 0 unspecified atom stereocenters. The summed E-state index contributed by atoms with van der Waals surface area (Å²) < 4.78 is 0.336. The van der Waals surface area contributed by atoms with Gasteiger partial charge in [-0.3, -0.25) is 9.78 Å². The molecule has 5 heteroatoms. The van der Waals surface area contributed by atoms with Gasteiger partial charge in [0.25, 0.3) is 5.56 Å². The molecule has 88 valence electrons. The van der Waals surface area contributed by atoms with Gasteiger partial charge in [0.15, 0.2) is 4.77 Å². The molecule has 2 rings (SSSR count). The van der Waals surface area contributed by atoms with Crippen LogP contribution in [-0.2, 0) is 6.42 Å². The first-order chi connectivity index (χ1) is 8.08. The molecule has 0 atom stereocenters. The molecule has 17 heavy (non-hydrogen) atoms. The fourth-order valence-corrected chi connectivity index (χ4v) is 2.02. The molecule has 0 spiro atoms. The average Bonchev–Trinajstić information content (AvgIpc) is 2.28. The molecule has 0 aliphatic rings. The van der Waals surface area contributed by atoms with Crippen molar-refractivity contribution in [2.24, 2.45) is 0 Å². The maximum absolute atomic E-state index is 11.6. The molecule has 0 aliphatic carbocycles. The second kappa shape index (κ2) is 4.85. The van der Waals surface area contributed by atoms with Crippen LogP contribution in [0, 0.1) is 11.7 Å². The summed E-state index contributed by atoms with van der Waals surface area (Å²) in [6.45, 7) is 1.76. The van der Waals surface area contributed by atoms with Crippen LogP contribution in [0.5, 0.6) is 0 Å². The Balaban J connectivity index is 2.47. The molecule has 1 heterocycles. The number of H-pyrrole nitrogens is 2. The first-order valence-electron chi connectivity index (χ1n) is 5.13. The van der Waals surface area contributed by atoms with Gasteiger partial charge in [0, 0.05) is 22.7 Å². The number of nitrogens with one attached hydrogen (secondary N) is 2. The second-order valence-electron chi connectivity index (χ2n) is 3.78. The lowest BCUT2D eigenvalue weighted by Crippen LogP contribution is -2.15. The Labute approximate surface area is 108 Å². The van der Waals surface area contributed by atoms with E-state index < -0.39 is 0 Å². The largest absolute Gasteiger partial charge is 0.335 e. The molecule has 1 aromatic carbocycles. The maximum Gasteiger partial charge on any atom is 0.254 e. The molecular weight excluding hydrogens is 256 g/mol. The smallest absolute Gasteiger partial charge is 0.254 e. The number of hydrogen-bond donors (Lipinski definition) is 2. The minimum atomic E-state index is -0.157. The minimum Gasteiger partial charge on any atom is -0.335 e. The third-order valence-electron chi connectivity index (χ3n) is 2.61. The number of aromatic amines is 2. The van der Waals surface area contributed by atoms with Gasteiger partial charge in [0.1, 0.15) is 0 Å². The molecule has 0 bridgehead atoms. The normalized spacial score (nSPS) is 10.5. The van der Waals surface area contributed by atoms with Gasteiger partial charge in [-0.2, -0.15) is 0 Å². The minimum absolute atomic E-state index is 0.157. The summed E-state index contributed by atoms with van der Waals surface area (Å²) in [6.07, 6.45) is 0.569. The van der Waals surface area contributed by atoms with Gasteiger partial charge < -0.3 is 4.98 Å². The van der Waals surface area contributed by atoms with Crippen LogP contribution in [0.3, 0.4) is 0 Å². The first-order valence-corrected chi connectivity index (χ1v) is 5.92. The van der Waals surface area contributed by atoms with E-state index in [2.05, 4.69) is 9.97 Å². The summed E-state index contributed by atoms with van der Waals surface area (Å²) in [5.41, 5.74) is 2.25. The van der Waals surface area contributed by atoms with Crippen LogP contribution in [0.1, 0.15) is 16.8 Å². The summed E-state index contributed by atoms with van der Waals surface area (Å²) in [5.74, 6) is 0. The van der Waals surface area contributed by atoms with Gasteiger partial charge in [-0.15, -0.1) is 0 Å². The molecule has 0 saturated heterocycles. The molecule has 0 aliphatic heterocycles. The molecule has 0 fully saturated rings. The zero-order valence-electron chi connectivity index (χ0n) is 9.21. The van der Waals surface area contributed by atoms with Gasteiger partial charge in [-0.25, -0.2) is 0 Å². The number of aromatic nitrogens is 2. The Morgan fingerprint density at radius 2 is 2.00 bits per heavy atom. The summed E-state index contributed by atoms with van der Waals surface area (Å²) in [6, 6.07) is 7.55. The third kappa shape index (κ3) is 2.65. The summed E-state index contributed by atoms with van der Waals surface area (Å²) in [5, 5.41) is 0.687. The molecule has 0 amide bonds. The van der Waals surface area contributed by atoms with E-state index in [1.165, 1.54) is 0 Å². The van der Waals surface area contributed by atoms with Crippen molar-refractivity contribution in [1.29, 1.82) is 0 Å². The molecule has 0 radical (unpaired) electrons. The molecule has 3 nitrogen and oxygen atoms in total. The fourth-order valence-electron chi connectivity index (χ4n) is 1.60. The molecule has 1 aromatic heterocycles. The summed E-state index contributed by atoms with van der Waals surface area (Å²) in [4.78, 5) is 17.1.